The van der Waals surface area contributed by atoms with Crippen LogP contribution in [0.5, 0.6) is 0 Å². The van der Waals surface area contributed by atoms with E-state index < -0.39 is 12.3 Å². The molecule has 0 saturated heterocycles. The van der Waals surface area contributed by atoms with Gasteiger partial charge in [-0.2, -0.15) is 0 Å². The van der Waals surface area contributed by atoms with Gasteiger partial charge in [0.15, 0.2) is 11.5 Å². The van der Waals surface area contributed by atoms with Crippen molar-refractivity contribution in [3.05, 3.63) is 94.0 Å². The molecule has 6 rings (SSSR count). The van der Waals surface area contributed by atoms with Gasteiger partial charge in [-0.05, 0) is 94.9 Å². The van der Waals surface area contributed by atoms with Crippen molar-refractivity contribution in [2.75, 3.05) is 5.73 Å². The van der Waals surface area contributed by atoms with Crippen LogP contribution in [0.15, 0.2) is 71.6 Å². The smallest absolute Gasteiger partial charge is 0.280 e. The molecule has 1 aromatic carbocycles. The van der Waals surface area contributed by atoms with E-state index in [0.717, 1.165) is 57.9 Å². The number of hydrogen-bond acceptors (Lipinski definition) is 6. The summed E-state index contributed by atoms with van der Waals surface area (Å²) in [5.41, 5.74) is 17.1. The van der Waals surface area contributed by atoms with Gasteiger partial charge in [0.2, 0.25) is 5.91 Å². The van der Waals surface area contributed by atoms with Crippen molar-refractivity contribution in [2.45, 2.75) is 25.7 Å². The average molecular weight is 578 g/mol. The predicted molar refractivity (Wildman–Crippen MR) is 144 cm³/mol. The number of halogens is 3. The number of hydrogen-bond donors (Lipinski definition) is 2. The van der Waals surface area contributed by atoms with Gasteiger partial charge < -0.3 is 11.5 Å². The van der Waals surface area contributed by atoms with E-state index in [4.69, 9.17) is 16.5 Å². The van der Waals surface area contributed by atoms with E-state index in [1.54, 1.807) is 6.20 Å². The molecule has 1 aliphatic rings. The Kier molecular flexibility index (Phi) is 7.10. The van der Waals surface area contributed by atoms with Crippen LogP contribution in [0.25, 0.3) is 28.2 Å². The molecule has 1 aliphatic carbocycles. The molecular weight excluding hydrogens is 556 g/mol. The summed E-state index contributed by atoms with van der Waals surface area (Å²) in [5.74, 6) is 0.543. The highest BCUT2D eigenvalue weighted by Crippen LogP contribution is 2.33. The molecule has 5 aromatic rings. The van der Waals surface area contributed by atoms with E-state index in [9.17, 15) is 13.6 Å². The van der Waals surface area contributed by atoms with Gasteiger partial charge in [0.05, 0.1) is 11.1 Å². The van der Waals surface area contributed by atoms with Crippen molar-refractivity contribution in [3.8, 4) is 17.1 Å². The molecule has 0 saturated carbocycles. The molecule has 0 aliphatic heterocycles. The first-order valence-electron chi connectivity index (χ1n) is 11.7. The van der Waals surface area contributed by atoms with Crippen molar-refractivity contribution in [1.82, 2.24) is 24.5 Å². The van der Waals surface area contributed by atoms with E-state index in [1.807, 2.05) is 24.3 Å². The number of fused-ring (bicyclic) bond motifs is 2. The largest absolute Gasteiger partial charge is 0.383 e. The topological polar surface area (TPSA) is 126 Å². The molecule has 0 spiro atoms. The first-order chi connectivity index (χ1) is 18.3. The molecule has 0 atom stereocenters. The minimum absolute atomic E-state index is 0.124. The zero-order chi connectivity index (χ0) is 26.8. The molecule has 0 bridgehead atoms. The Bertz CT molecular complexity index is 1640. The normalized spacial score (nSPS) is 12.3. The van der Waals surface area contributed by atoms with Crippen LogP contribution in [0, 0.1) is 0 Å². The third-order valence-electron chi connectivity index (χ3n) is 6.18. The van der Waals surface area contributed by atoms with Crippen molar-refractivity contribution in [3.63, 3.8) is 0 Å². The summed E-state index contributed by atoms with van der Waals surface area (Å²) >= 11 is 3.48. The number of pyridine rings is 3. The highest BCUT2D eigenvalue weighted by molar-refractivity contribution is 9.10. The number of primary amides is 1. The number of aryl methyl sites for hydroxylation is 2. The second-order valence-electron chi connectivity index (χ2n) is 8.63. The van der Waals surface area contributed by atoms with E-state index >= 15 is 0 Å². The number of alkyl halides is 2. The Hall–Kier alpha value is -4.25. The zero-order valence-corrected chi connectivity index (χ0v) is 21.6. The van der Waals surface area contributed by atoms with E-state index in [1.165, 1.54) is 23.6 Å². The maximum atomic E-state index is 11.9. The summed E-state index contributed by atoms with van der Waals surface area (Å²) in [6, 6.07) is 16.6. The van der Waals surface area contributed by atoms with Gasteiger partial charge in [0, 0.05) is 18.1 Å². The van der Waals surface area contributed by atoms with Crippen LogP contribution >= 0.6 is 15.9 Å². The SMILES string of the molecule is NC(=O)c1ccc(C(F)F)nc1.Nc1ncccc1-c1nc2ccc(Br)nc2n1-c1ccc2c(c1)CCC2. The molecule has 0 unspecified atom stereocenters. The lowest BCUT2D eigenvalue weighted by atomic mass is 10.1. The maximum absolute atomic E-state index is 11.9. The minimum atomic E-state index is -2.62. The van der Waals surface area contributed by atoms with Gasteiger partial charge in [0.25, 0.3) is 6.43 Å². The third-order valence-corrected chi connectivity index (χ3v) is 6.63. The third kappa shape index (κ3) is 5.10. The van der Waals surface area contributed by atoms with Gasteiger partial charge in [0.1, 0.15) is 21.6 Å². The molecule has 192 valence electrons. The fraction of sp³-hybridized carbons (Fsp3) is 0.148. The first kappa shape index (κ1) is 25.4. The molecule has 4 heterocycles. The first-order valence-corrected chi connectivity index (χ1v) is 12.5. The summed E-state index contributed by atoms with van der Waals surface area (Å²) in [5, 5.41) is 0. The van der Waals surface area contributed by atoms with Crippen LogP contribution in [-0.2, 0) is 12.8 Å². The Morgan fingerprint density at radius 3 is 2.53 bits per heavy atom. The molecule has 0 radical (unpaired) electrons. The van der Waals surface area contributed by atoms with Gasteiger partial charge in [-0.3, -0.25) is 14.3 Å². The second kappa shape index (κ2) is 10.6. The fourth-order valence-corrected chi connectivity index (χ4v) is 4.64. The summed E-state index contributed by atoms with van der Waals surface area (Å²) < 4.78 is 26.7. The van der Waals surface area contributed by atoms with Crippen LogP contribution in [0.1, 0.15) is 40.0 Å². The number of rotatable bonds is 4. The summed E-state index contributed by atoms with van der Waals surface area (Å²) in [6.07, 6.45) is 3.60. The van der Waals surface area contributed by atoms with Crippen molar-refractivity contribution >= 4 is 38.8 Å². The zero-order valence-electron chi connectivity index (χ0n) is 20.0. The van der Waals surface area contributed by atoms with Gasteiger partial charge in [-0.25, -0.2) is 23.7 Å². The fourth-order valence-electron chi connectivity index (χ4n) is 4.34. The molecule has 1 amide bonds. The van der Waals surface area contributed by atoms with Gasteiger partial charge in [-0.15, -0.1) is 0 Å². The number of anilines is 1. The van der Waals surface area contributed by atoms with E-state index in [2.05, 4.69) is 53.6 Å². The number of nitrogen functional groups attached to an aromatic ring is 1. The summed E-state index contributed by atoms with van der Waals surface area (Å²) in [4.78, 5) is 27.5. The Morgan fingerprint density at radius 2 is 1.82 bits per heavy atom. The Morgan fingerprint density at radius 1 is 1.00 bits per heavy atom. The van der Waals surface area contributed by atoms with Crippen LogP contribution in [0.2, 0.25) is 0 Å². The standard InChI is InChI=1S/C20H16BrN5.C7H6F2N2O/c21-17-9-8-16-20(25-17)26(14-7-6-12-3-1-4-13(12)11-14)19(24-16)15-5-2-10-23-18(15)22;8-6(9)5-2-1-4(3-11-5)7(10)12/h2,5-11H,1,3-4H2,(H2,22,23);1-3,6H,(H2,10,12). The molecule has 0 fully saturated rings. The number of carbonyl (C=O) groups is 1. The van der Waals surface area contributed by atoms with Gasteiger partial charge >= 0.3 is 0 Å². The minimum Gasteiger partial charge on any atom is -0.383 e. The number of nitrogens with zero attached hydrogens (tertiary/aromatic N) is 5. The van der Waals surface area contributed by atoms with Crippen molar-refractivity contribution < 1.29 is 13.6 Å². The van der Waals surface area contributed by atoms with Crippen molar-refractivity contribution in [2.24, 2.45) is 5.73 Å². The number of nitrogens with two attached hydrogens (primary N) is 2. The van der Waals surface area contributed by atoms with Crippen molar-refractivity contribution in [1.29, 1.82) is 0 Å². The summed E-state index contributed by atoms with van der Waals surface area (Å²) in [7, 11) is 0. The Balaban J connectivity index is 0.000000207. The van der Waals surface area contributed by atoms with Crippen LogP contribution in [0.4, 0.5) is 14.6 Å². The van der Waals surface area contributed by atoms with Crippen LogP contribution < -0.4 is 11.5 Å². The number of amides is 1. The number of carbonyl (C=O) groups excluding carboxylic acids is 1. The summed E-state index contributed by atoms with van der Waals surface area (Å²) in [6.45, 7) is 0. The average Bonchev–Trinajstić information content (AvgIpc) is 3.53. The van der Waals surface area contributed by atoms with E-state index in [-0.39, 0.29) is 11.3 Å². The monoisotopic (exact) mass is 577 g/mol. The lowest BCUT2D eigenvalue weighted by Crippen LogP contribution is -2.11. The number of imidazole rings is 1. The molecule has 8 nitrogen and oxygen atoms in total. The number of aromatic nitrogens is 5. The van der Waals surface area contributed by atoms with Gasteiger partial charge in [-0.1, -0.05) is 6.07 Å². The molecule has 4 aromatic heterocycles. The predicted octanol–water partition coefficient (Wildman–Crippen LogP) is 5.43. The Labute approximate surface area is 224 Å². The molecule has 11 heteroatoms. The quantitative estimate of drug-likeness (QED) is 0.274. The highest BCUT2D eigenvalue weighted by Gasteiger charge is 2.20. The van der Waals surface area contributed by atoms with E-state index in [0.29, 0.717) is 5.82 Å². The highest BCUT2D eigenvalue weighted by atomic mass is 79.9. The lowest BCUT2D eigenvalue weighted by molar-refractivity contribution is 0.0999. The lowest BCUT2D eigenvalue weighted by Gasteiger charge is -2.12. The molecular formula is C27H22BrF2N7O. The maximum Gasteiger partial charge on any atom is 0.280 e. The second-order valence-corrected chi connectivity index (χ2v) is 9.44. The van der Waals surface area contributed by atoms with Crippen LogP contribution in [-0.4, -0.2) is 30.4 Å². The molecule has 38 heavy (non-hydrogen) atoms. The van der Waals surface area contributed by atoms with Crippen LogP contribution in [0.3, 0.4) is 0 Å². The molecule has 4 N–H and O–H groups in total. The number of benzene rings is 1.